The summed E-state index contributed by atoms with van der Waals surface area (Å²) in [5, 5.41) is 11.6. The first-order valence-corrected chi connectivity index (χ1v) is 13.3. The second kappa shape index (κ2) is 11.2. The standard InChI is InChI=1S/C27H37N7O2/c1-3-4-13-29-27-30-18-24-25(20-5-9-22(10-6-20)33-16-14-28-15-17-33)31-26(34(24)32-27)21-7-11-23(12-8-21)36-19(2)35/h5-6,9-10,18,21,23,28H,3-4,7-8,11-17H2,1-2H3,(H,29,32). The molecule has 9 heteroatoms. The van der Waals surface area contributed by atoms with Gasteiger partial charge in [0.05, 0.1) is 11.9 Å². The van der Waals surface area contributed by atoms with Crippen LogP contribution in [0.25, 0.3) is 16.8 Å². The zero-order valence-electron chi connectivity index (χ0n) is 21.4. The molecule has 2 fully saturated rings. The number of ether oxygens (including phenoxy) is 1. The molecule has 2 aromatic heterocycles. The number of carbonyl (C=O) groups excluding carboxylic acids is 1. The van der Waals surface area contributed by atoms with Crippen LogP contribution in [0.2, 0.25) is 0 Å². The number of fused-ring (bicyclic) bond motifs is 1. The lowest BCUT2D eigenvalue weighted by molar-refractivity contribution is -0.147. The maximum atomic E-state index is 11.4. The molecule has 5 rings (SSSR count). The summed E-state index contributed by atoms with van der Waals surface area (Å²) in [6.07, 6.45) is 7.61. The molecule has 0 unspecified atom stereocenters. The third kappa shape index (κ3) is 5.46. The molecule has 192 valence electrons. The average Bonchev–Trinajstić information content (AvgIpc) is 3.28. The van der Waals surface area contributed by atoms with Crippen molar-refractivity contribution in [1.29, 1.82) is 0 Å². The second-order valence-electron chi connectivity index (χ2n) is 9.84. The van der Waals surface area contributed by atoms with Gasteiger partial charge >= 0.3 is 5.97 Å². The lowest BCUT2D eigenvalue weighted by atomic mass is 9.87. The van der Waals surface area contributed by atoms with Crippen LogP contribution in [-0.2, 0) is 9.53 Å². The maximum absolute atomic E-state index is 11.4. The smallest absolute Gasteiger partial charge is 0.302 e. The van der Waals surface area contributed by atoms with Gasteiger partial charge in [0.15, 0.2) is 0 Å². The molecular weight excluding hydrogens is 454 g/mol. The molecule has 2 aliphatic rings. The molecule has 1 aliphatic carbocycles. The van der Waals surface area contributed by atoms with E-state index in [2.05, 4.69) is 51.7 Å². The monoisotopic (exact) mass is 491 g/mol. The van der Waals surface area contributed by atoms with Crippen molar-refractivity contribution < 1.29 is 9.53 Å². The van der Waals surface area contributed by atoms with Crippen LogP contribution in [-0.4, -0.2) is 64.4 Å². The average molecular weight is 492 g/mol. The first-order valence-electron chi connectivity index (χ1n) is 13.3. The molecular formula is C27H37N7O2. The van der Waals surface area contributed by atoms with Crippen molar-refractivity contribution in [3.63, 3.8) is 0 Å². The van der Waals surface area contributed by atoms with E-state index in [9.17, 15) is 4.79 Å². The summed E-state index contributed by atoms with van der Waals surface area (Å²) in [5.41, 5.74) is 4.15. The number of anilines is 2. The quantitative estimate of drug-likeness (QED) is 0.361. The number of hydrogen-bond donors (Lipinski definition) is 2. The number of nitrogens with one attached hydrogen (secondary N) is 2. The Morgan fingerprint density at radius 2 is 1.89 bits per heavy atom. The number of piperazine rings is 1. The van der Waals surface area contributed by atoms with Gasteiger partial charge in [-0.15, -0.1) is 5.10 Å². The number of imidazole rings is 1. The SMILES string of the molecule is CCCCNc1ncc2c(-c3ccc(N4CCNCC4)cc3)nc(C3CCC(OC(C)=O)CC3)n2n1. The summed E-state index contributed by atoms with van der Waals surface area (Å²) >= 11 is 0. The van der Waals surface area contributed by atoms with Crippen LogP contribution in [0.4, 0.5) is 11.6 Å². The fourth-order valence-corrected chi connectivity index (χ4v) is 5.27. The summed E-state index contributed by atoms with van der Waals surface area (Å²) in [5.74, 6) is 1.65. The largest absolute Gasteiger partial charge is 0.463 e. The number of esters is 1. The summed E-state index contributed by atoms with van der Waals surface area (Å²) in [4.78, 5) is 23.6. The van der Waals surface area contributed by atoms with E-state index in [0.717, 1.165) is 93.8 Å². The summed E-state index contributed by atoms with van der Waals surface area (Å²) in [7, 11) is 0. The van der Waals surface area contributed by atoms with Crippen molar-refractivity contribution in [2.75, 3.05) is 42.9 Å². The van der Waals surface area contributed by atoms with E-state index in [1.807, 2.05) is 10.7 Å². The summed E-state index contributed by atoms with van der Waals surface area (Å²) in [6, 6.07) is 8.71. The molecule has 0 radical (unpaired) electrons. The van der Waals surface area contributed by atoms with E-state index in [1.165, 1.54) is 12.6 Å². The summed E-state index contributed by atoms with van der Waals surface area (Å²) < 4.78 is 7.45. The molecule has 0 atom stereocenters. The van der Waals surface area contributed by atoms with Crippen LogP contribution in [0.1, 0.15) is 64.1 Å². The number of benzene rings is 1. The van der Waals surface area contributed by atoms with Crippen LogP contribution in [0.5, 0.6) is 0 Å². The Bertz CT molecular complexity index is 1160. The van der Waals surface area contributed by atoms with Gasteiger partial charge in [0.25, 0.3) is 0 Å². The third-order valence-corrected chi connectivity index (χ3v) is 7.23. The lowest BCUT2D eigenvalue weighted by Crippen LogP contribution is -2.43. The van der Waals surface area contributed by atoms with Crippen molar-refractivity contribution in [2.24, 2.45) is 0 Å². The molecule has 9 nitrogen and oxygen atoms in total. The Morgan fingerprint density at radius 1 is 1.14 bits per heavy atom. The summed E-state index contributed by atoms with van der Waals surface area (Å²) in [6.45, 7) is 8.58. The number of rotatable bonds is 8. The highest BCUT2D eigenvalue weighted by Crippen LogP contribution is 2.36. The minimum Gasteiger partial charge on any atom is -0.463 e. The molecule has 36 heavy (non-hydrogen) atoms. The topological polar surface area (TPSA) is 96.7 Å². The van der Waals surface area contributed by atoms with E-state index in [0.29, 0.717) is 5.95 Å². The predicted octanol–water partition coefficient (Wildman–Crippen LogP) is 4.00. The van der Waals surface area contributed by atoms with Gasteiger partial charge in [-0.2, -0.15) is 0 Å². The first kappa shape index (κ1) is 24.5. The van der Waals surface area contributed by atoms with Gasteiger partial charge < -0.3 is 20.3 Å². The number of unbranched alkanes of at least 4 members (excludes halogenated alkanes) is 1. The van der Waals surface area contributed by atoms with Crippen molar-refractivity contribution in [3.8, 4) is 11.3 Å². The van der Waals surface area contributed by atoms with Crippen LogP contribution in [0.15, 0.2) is 30.5 Å². The normalized spacial score (nSPS) is 20.4. The highest BCUT2D eigenvalue weighted by molar-refractivity contribution is 5.78. The van der Waals surface area contributed by atoms with Crippen molar-refractivity contribution in [2.45, 2.75) is 64.4 Å². The van der Waals surface area contributed by atoms with Gasteiger partial charge in [0, 0.05) is 56.8 Å². The predicted molar refractivity (Wildman–Crippen MR) is 141 cm³/mol. The second-order valence-corrected chi connectivity index (χ2v) is 9.84. The highest BCUT2D eigenvalue weighted by atomic mass is 16.5. The molecule has 0 bridgehead atoms. The van der Waals surface area contributed by atoms with Crippen LogP contribution < -0.4 is 15.5 Å². The molecule has 1 saturated heterocycles. The fourth-order valence-electron chi connectivity index (χ4n) is 5.27. The zero-order chi connectivity index (χ0) is 24.9. The molecule has 1 aromatic carbocycles. The van der Waals surface area contributed by atoms with Crippen molar-refractivity contribution >= 4 is 23.1 Å². The van der Waals surface area contributed by atoms with Gasteiger partial charge in [0.2, 0.25) is 5.95 Å². The van der Waals surface area contributed by atoms with Crippen LogP contribution in [0.3, 0.4) is 0 Å². The van der Waals surface area contributed by atoms with E-state index in [4.69, 9.17) is 14.8 Å². The molecule has 1 aliphatic heterocycles. The Kier molecular flexibility index (Phi) is 7.65. The van der Waals surface area contributed by atoms with Gasteiger partial charge in [0.1, 0.15) is 17.4 Å². The van der Waals surface area contributed by atoms with E-state index < -0.39 is 0 Å². The first-order chi connectivity index (χ1) is 17.6. The van der Waals surface area contributed by atoms with E-state index >= 15 is 0 Å². The Morgan fingerprint density at radius 3 is 2.58 bits per heavy atom. The van der Waals surface area contributed by atoms with Gasteiger partial charge in [-0.25, -0.2) is 14.5 Å². The van der Waals surface area contributed by atoms with Gasteiger partial charge in [-0.05, 0) is 44.2 Å². The minimum atomic E-state index is -0.202. The molecule has 2 N–H and O–H groups in total. The molecule has 3 heterocycles. The molecule has 0 amide bonds. The number of hydrogen-bond acceptors (Lipinski definition) is 8. The molecule has 1 saturated carbocycles. The highest BCUT2D eigenvalue weighted by Gasteiger charge is 2.29. The minimum absolute atomic E-state index is 0.00266. The lowest BCUT2D eigenvalue weighted by Gasteiger charge is -2.29. The molecule has 0 spiro atoms. The number of aromatic nitrogens is 4. The molecule has 3 aromatic rings. The Hall–Kier alpha value is -3.20. The zero-order valence-corrected chi connectivity index (χ0v) is 21.4. The third-order valence-electron chi connectivity index (χ3n) is 7.23. The number of nitrogens with zero attached hydrogens (tertiary/aromatic N) is 5. The van der Waals surface area contributed by atoms with E-state index in [-0.39, 0.29) is 18.0 Å². The maximum Gasteiger partial charge on any atom is 0.302 e. The number of carbonyl (C=O) groups is 1. The van der Waals surface area contributed by atoms with E-state index in [1.54, 1.807) is 0 Å². The van der Waals surface area contributed by atoms with Gasteiger partial charge in [-0.3, -0.25) is 4.79 Å². The van der Waals surface area contributed by atoms with Crippen molar-refractivity contribution in [1.82, 2.24) is 24.9 Å². The van der Waals surface area contributed by atoms with Crippen molar-refractivity contribution in [3.05, 3.63) is 36.3 Å². The fraction of sp³-hybridized carbons (Fsp3) is 0.556. The Labute approximate surface area is 212 Å². The van der Waals surface area contributed by atoms with Gasteiger partial charge in [-0.1, -0.05) is 25.5 Å². The van der Waals surface area contributed by atoms with Crippen LogP contribution >= 0.6 is 0 Å². The van der Waals surface area contributed by atoms with Crippen LogP contribution in [0, 0.1) is 0 Å². The Balaban J connectivity index is 1.44.